The summed E-state index contributed by atoms with van der Waals surface area (Å²) < 4.78 is 0. The van der Waals surface area contributed by atoms with Gasteiger partial charge in [-0.05, 0) is 6.07 Å². The number of aromatic hydroxyl groups is 2. The molecule has 0 radical (unpaired) electrons. The molecule has 0 aliphatic heterocycles. The van der Waals surface area contributed by atoms with Gasteiger partial charge in [0, 0.05) is 5.75 Å². The molecule has 0 amide bonds. The van der Waals surface area contributed by atoms with E-state index in [4.69, 9.17) is 10.2 Å². The Kier molecular flexibility index (Phi) is 4.95. The quantitative estimate of drug-likeness (QED) is 0.614. The van der Waals surface area contributed by atoms with Crippen LogP contribution in [-0.2, 0) is 0 Å². The van der Waals surface area contributed by atoms with Crippen LogP contribution in [0.2, 0.25) is 0 Å². The first kappa shape index (κ1) is 14.0. The molecule has 0 bridgehead atoms. The van der Waals surface area contributed by atoms with Crippen LogP contribution in [0.3, 0.4) is 0 Å². The van der Waals surface area contributed by atoms with Crippen molar-refractivity contribution in [1.82, 2.24) is 0 Å². The molecule has 4 heteroatoms. The normalized spacial score (nSPS) is 9.47. The van der Waals surface area contributed by atoms with Gasteiger partial charge in [0.05, 0.1) is 5.75 Å². The van der Waals surface area contributed by atoms with Crippen LogP contribution in [0.1, 0.15) is 5.56 Å². The van der Waals surface area contributed by atoms with Crippen LogP contribution in [0.15, 0.2) is 36.4 Å². The SMILES string of the molecule is O[CH-]c1cc(O)ccc1-c1[c-]cc(O)cc1.[U+2]. The molecule has 0 spiro atoms. The predicted molar refractivity (Wildman–Crippen MR) is 59.4 cm³/mol. The van der Waals surface area contributed by atoms with Crippen molar-refractivity contribution in [2.75, 3.05) is 0 Å². The van der Waals surface area contributed by atoms with Gasteiger partial charge < -0.3 is 15.3 Å². The predicted octanol–water partition coefficient (Wildman–Crippen LogP) is 2.45. The van der Waals surface area contributed by atoms with Gasteiger partial charge in [0.1, 0.15) is 0 Å². The van der Waals surface area contributed by atoms with E-state index in [1.54, 1.807) is 18.2 Å². The molecule has 0 aliphatic rings. The number of hydrogen-bond donors (Lipinski definition) is 3. The first-order valence-electron chi connectivity index (χ1n) is 4.72. The summed E-state index contributed by atoms with van der Waals surface area (Å²) in [5.74, 6) is 0.222. The molecular weight excluding hydrogens is 442 g/mol. The van der Waals surface area contributed by atoms with Crippen molar-refractivity contribution in [2.45, 2.75) is 0 Å². The second-order valence-electron chi connectivity index (χ2n) is 3.36. The molecule has 3 N–H and O–H groups in total. The van der Waals surface area contributed by atoms with Crippen LogP contribution in [0.25, 0.3) is 11.1 Å². The Morgan fingerprint density at radius 3 is 2.29 bits per heavy atom. The average Bonchev–Trinajstić information content (AvgIpc) is 2.30. The van der Waals surface area contributed by atoms with E-state index in [2.05, 4.69) is 6.07 Å². The van der Waals surface area contributed by atoms with Crippen LogP contribution in [-0.4, -0.2) is 15.3 Å². The van der Waals surface area contributed by atoms with Crippen molar-refractivity contribution in [1.29, 1.82) is 0 Å². The van der Waals surface area contributed by atoms with Crippen LogP contribution in [0, 0.1) is 43.8 Å². The fourth-order valence-corrected chi connectivity index (χ4v) is 1.49. The second-order valence-corrected chi connectivity index (χ2v) is 3.36. The third-order valence-electron chi connectivity index (χ3n) is 2.26. The van der Waals surface area contributed by atoms with Crippen molar-refractivity contribution < 1.29 is 46.4 Å². The fraction of sp³-hybridized carbons (Fsp3) is 0. The Bertz CT molecular complexity index is 495. The molecule has 2 rings (SSSR count). The van der Waals surface area contributed by atoms with Crippen molar-refractivity contribution in [3.63, 3.8) is 0 Å². The van der Waals surface area contributed by atoms with Gasteiger partial charge in [0.25, 0.3) is 0 Å². The molecule has 0 atom stereocenters. The molecular formula is C13H10O3U. The molecule has 84 valence electrons. The number of hydrogen-bond acceptors (Lipinski definition) is 3. The molecule has 0 unspecified atom stereocenters. The van der Waals surface area contributed by atoms with Gasteiger partial charge in [-0.25, -0.2) is 0 Å². The first-order valence-corrected chi connectivity index (χ1v) is 4.72. The van der Waals surface area contributed by atoms with E-state index in [9.17, 15) is 5.11 Å². The van der Waals surface area contributed by atoms with E-state index >= 15 is 0 Å². The summed E-state index contributed by atoms with van der Waals surface area (Å²) in [4.78, 5) is 0. The summed E-state index contributed by atoms with van der Waals surface area (Å²) >= 11 is 0. The number of phenolic OH excluding ortho intramolecular Hbond substituents is 2. The van der Waals surface area contributed by atoms with Gasteiger partial charge in [0.15, 0.2) is 0 Å². The zero-order valence-electron chi connectivity index (χ0n) is 8.88. The van der Waals surface area contributed by atoms with E-state index < -0.39 is 0 Å². The summed E-state index contributed by atoms with van der Waals surface area (Å²) in [6.07, 6.45) is 0. The molecule has 0 aliphatic carbocycles. The van der Waals surface area contributed by atoms with Gasteiger partial charge in [0.2, 0.25) is 0 Å². The molecule has 0 saturated carbocycles. The Balaban J connectivity index is 0.00000144. The molecule has 0 saturated heterocycles. The summed E-state index contributed by atoms with van der Waals surface area (Å²) in [5.41, 5.74) is 1.97. The van der Waals surface area contributed by atoms with Gasteiger partial charge in [-0.2, -0.15) is 0 Å². The minimum atomic E-state index is 0. The van der Waals surface area contributed by atoms with E-state index in [-0.39, 0.29) is 42.6 Å². The summed E-state index contributed by atoms with van der Waals surface area (Å²) in [5, 5.41) is 27.5. The number of benzene rings is 2. The van der Waals surface area contributed by atoms with Crippen LogP contribution in [0.4, 0.5) is 0 Å². The van der Waals surface area contributed by atoms with E-state index in [0.29, 0.717) is 5.56 Å². The van der Waals surface area contributed by atoms with Crippen molar-refractivity contribution in [2.24, 2.45) is 0 Å². The van der Waals surface area contributed by atoms with E-state index in [1.165, 1.54) is 18.2 Å². The minimum absolute atomic E-state index is 0. The van der Waals surface area contributed by atoms with Crippen LogP contribution >= 0.6 is 0 Å². The number of rotatable bonds is 2. The smallest absolute Gasteiger partial charge is 0.551 e. The minimum Gasteiger partial charge on any atom is -0.551 e. The zero-order chi connectivity index (χ0) is 11.5. The molecule has 0 fully saturated rings. The van der Waals surface area contributed by atoms with E-state index in [1.807, 2.05) is 0 Å². The number of aliphatic hydroxyl groups is 1. The maximum Gasteiger partial charge on any atom is 2.00 e. The van der Waals surface area contributed by atoms with E-state index in [0.717, 1.165) is 17.7 Å². The van der Waals surface area contributed by atoms with Crippen molar-refractivity contribution in [3.8, 4) is 22.6 Å². The summed E-state index contributed by atoms with van der Waals surface area (Å²) in [6, 6.07) is 12.2. The van der Waals surface area contributed by atoms with Crippen molar-refractivity contribution in [3.05, 3.63) is 54.6 Å². The van der Waals surface area contributed by atoms with Crippen LogP contribution in [0.5, 0.6) is 11.5 Å². The zero-order valence-corrected chi connectivity index (χ0v) is 13.0. The Labute approximate surface area is 123 Å². The average molecular weight is 452 g/mol. The van der Waals surface area contributed by atoms with Gasteiger partial charge in [-0.1, -0.05) is 12.7 Å². The molecule has 2 aromatic rings. The molecule has 0 aromatic heterocycles. The monoisotopic (exact) mass is 452 g/mol. The Hall–Kier alpha value is -1.08. The molecule has 17 heavy (non-hydrogen) atoms. The Morgan fingerprint density at radius 2 is 1.71 bits per heavy atom. The second kappa shape index (κ2) is 6.02. The maximum atomic E-state index is 9.28. The Morgan fingerprint density at radius 1 is 1.00 bits per heavy atom. The number of phenols is 2. The van der Waals surface area contributed by atoms with Gasteiger partial charge >= 0.3 is 31.1 Å². The van der Waals surface area contributed by atoms with Crippen molar-refractivity contribution >= 4 is 0 Å². The topological polar surface area (TPSA) is 60.7 Å². The molecule has 0 heterocycles. The maximum absolute atomic E-state index is 9.28. The third kappa shape index (κ3) is 3.20. The van der Waals surface area contributed by atoms with Crippen LogP contribution < -0.4 is 0 Å². The largest absolute Gasteiger partial charge is 2.00 e. The molecule has 3 nitrogen and oxygen atoms in total. The third-order valence-corrected chi connectivity index (χ3v) is 2.26. The fourth-order valence-electron chi connectivity index (χ4n) is 1.49. The van der Waals surface area contributed by atoms with Gasteiger partial charge in [-0.3, -0.25) is 0 Å². The first-order chi connectivity index (χ1) is 7.70. The summed E-state index contributed by atoms with van der Waals surface area (Å²) in [7, 11) is 0. The summed E-state index contributed by atoms with van der Waals surface area (Å²) in [6.45, 7) is 0.926. The van der Waals surface area contributed by atoms with Gasteiger partial charge in [-0.15, -0.1) is 47.0 Å². The number of aliphatic hydroxyl groups excluding tert-OH is 1. The standard InChI is InChI=1S/C13H10O3.U/c14-8-10-7-12(16)5-6-13(10)9-1-3-11(15)4-2-9;/h1,3-8,14-16H;/q-2;+2. The molecule has 2 aromatic carbocycles.